The molecule has 2 rings (SSSR count). The monoisotopic (exact) mass is 214 g/mol. The van der Waals surface area contributed by atoms with E-state index in [0.717, 1.165) is 25.9 Å². The average Bonchev–Trinajstić information content (AvgIpc) is 2.29. The van der Waals surface area contributed by atoms with Crippen molar-refractivity contribution in [2.45, 2.75) is 25.0 Å². The smallest absolute Gasteiger partial charge is 0.242 e. The Hall–Kier alpha value is -0.650. The summed E-state index contributed by atoms with van der Waals surface area (Å²) in [5.41, 5.74) is 0. The summed E-state index contributed by atoms with van der Waals surface area (Å²) in [4.78, 5) is 13.7. The van der Waals surface area contributed by atoms with Crippen molar-refractivity contribution in [1.29, 1.82) is 0 Å². The highest BCUT2D eigenvalue weighted by Crippen LogP contribution is 2.11. The summed E-state index contributed by atoms with van der Waals surface area (Å²) < 4.78 is 5.25. The van der Waals surface area contributed by atoms with Crippen LogP contribution in [0.2, 0.25) is 0 Å². The van der Waals surface area contributed by atoms with Gasteiger partial charge in [-0.05, 0) is 12.8 Å². The second kappa shape index (κ2) is 4.92. The Balaban J connectivity index is 1.88. The lowest BCUT2D eigenvalue weighted by atomic mass is 10.1. The Kier molecular flexibility index (Phi) is 3.56. The van der Waals surface area contributed by atoms with E-state index in [9.17, 15) is 9.90 Å². The molecular weight excluding hydrogens is 196 g/mol. The summed E-state index contributed by atoms with van der Waals surface area (Å²) >= 11 is 0. The third-order valence-electron chi connectivity index (χ3n) is 2.93. The molecule has 2 heterocycles. The number of rotatable bonds is 1. The lowest BCUT2D eigenvalue weighted by molar-refractivity contribution is -0.139. The van der Waals surface area contributed by atoms with Crippen LogP contribution in [0.3, 0.4) is 0 Å². The van der Waals surface area contributed by atoms with Gasteiger partial charge in [0.15, 0.2) is 0 Å². The number of piperidine rings is 1. The molecule has 86 valence electrons. The molecular formula is C10H18N2O3. The molecule has 2 aliphatic heterocycles. The van der Waals surface area contributed by atoms with Crippen molar-refractivity contribution in [3.05, 3.63) is 0 Å². The molecule has 0 aromatic heterocycles. The van der Waals surface area contributed by atoms with Crippen LogP contribution < -0.4 is 5.32 Å². The van der Waals surface area contributed by atoms with Gasteiger partial charge in [0.25, 0.3) is 0 Å². The van der Waals surface area contributed by atoms with Gasteiger partial charge in [0.05, 0.1) is 19.3 Å². The number of amides is 1. The van der Waals surface area contributed by atoms with Gasteiger partial charge in [-0.25, -0.2) is 0 Å². The number of carbonyl (C=O) groups excluding carboxylic acids is 1. The van der Waals surface area contributed by atoms with Crippen molar-refractivity contribution in [2.24, 2.45) is 0 Å². The summed E-state index contributed by atoms with van der Waals surface area (Å²) in [6.45, 7) is 3.08. The minimum atomic E-state index is -0.354. The SMILES string of the molecule is O=C(C1COCCN1)N1CCCC(O)C1. The van der Waals surface area contributed by atoms with E-state index in [1.807, 2.05) is 0 Å². The van der Waals surface area contributed by atoms with Gasteiger partial charge in [0, 0.05) is 19.6 Å². The Morgan fingerprint density at radius 1 is 1.53 bits per heavy atom. The molecule has 0 aromatic carbocycles. The van der Waals surface area contributed by atoms with Crippen LogP contribution in [0.5, 0.6) is 0 Å². The van der Waals surface area contributed by atoms with Gasteiger partial charge in [-0.15, -0.1) is 0 Å². The van der Waals surface area contributed by atoms with E-state index >= 15 is 0 Å². The van der Waals surface area contributed by atoms with Crippen LogP contribution in [-0.2, 0) is 9.53 Å². The third kappa shape index (κ3) is 2.68. The van der Waals surface area contributed by atoms with Gasteiger partial charge < -0.3 is 20.1 Å². The Morgan fingerprint density at radius 3 is 3.07 bits per heavy atom. The minimum Gasteiger partial charge on any atom is -0.391 e. The normalized spacial score (nSPS) is 32.7. The molecule has 2 N–H and O–H groups in total. The van der Waals surface area contributed by atoms with Crippen LogP contribution in [0.15, 0.2) is 0 Å². The Bertz CT molecular complexity index is 229. The van der Waals surface area contributed by atoms with E-state index in [-0.39, 0.29) is 18.1 Å². The molecule has 5 nitrogen and oxygen atoms in total. The maximum atomic E-state index is 12.0. The first-order valence-electron chi connectivity index (χ1n) is 5.55. The zero-order chi connectivity index (χ0) is 10.7. The first-order chi connectivity index (χ1) is 7.27. The number of ether oxygens (including phenoxy) is 1. The molecule has 0 aliphatic carbocycles. The maximum absolute atomic E-state index is 12.0. The molecule has 15 heavy (non-hydrogen) atoms. The topological polar surface area (TPSA) is 61.8 Å². The van der Waals surface area contributed by atoms with E-state index in [1.54, 1.807) is 4.90 Å². The summed E-state index contributed by atoms with van der Waals surface area (Å²) in [7, 11) is 0. The van der Waals surface area contributed by atoms with Gasteiger partial charge in [0.2, 0.25) is 5.91 Å². The summed E-state index contributed by atoms with van der Waals surface area (Å²) in [6.07, 6.45) is 1.34. The standard InChI is InChI=1S/C10H18N2O3/c13-8-2-1-4-12(6-8)10(14)9-7-15-5-3-11-9/h8-9,11,13H,1-7H2. The fraction of sp³-hybridized carbons (Fsp3) is 0.900. The summed E-state index contributed by atoms with van der Waals surface area (Å²) in [6, 6.07) is -0.218. The number of carbonyl (C=O) groups is 1. The fourth-order valence-corrected chi connectivity index (χ4v) is 2.10. The number of β-amino-alcohol motifs (C(OH)–C–C–N with tert-alkyl or cyclic N) is 1. The van der Waals surface area contributed by atoms with Crippen LogP contribution in [0.25, 0.3) is 0 Å². The predicted octanol–water partition coefficient (Wildman–Crippen LogP) is -1.04. The van der Waals surface area contributed by atoms with E-state index in [2.05, 4.69) is 5.32 Å². The van der Waals surface area contributed by atoms with Crippen molar-refractivity contribution in [1.82, 2.24) is 10.2 Å². The molecule has 2 fully saturated rings. The molecule has 2 atom stereocenters. The first-order valence-corrected chi connectivity index (χ1v) is 5.55. The van der Waals surface area contributed by atoms with Crippen LogP contribution in [0.4, 0.5) is 0 Å². The van der Waals surface area contributed by atoms with Gasteiger partial charge in [-0.3, -0.25) is 4.79 Å². The van der Waals surface area contributed by atoms with E-state index in [4.69, 9.17) is 4.74 Å². The summed E-state index contributed by atoms with van der Waals surface area (Å²) in [5.74, 6) is 0.0634. The van der Waals surface area contributed by atoms with E-state index < -0.39 is 0 Å². The fourth-order valence-electron chi connectivity index (χ4n) is 2.10. The van der Waals surface area contributed by atoms with Crippen LogP contribution in [0, 0.1) is 0 Å². The van der Waals surface area contributed by atoms with E-state index in [0.29, 0.717) is 19.8 Å². The quantitative estimate of drug-likeness (QED) is 0.585. The van der Waals surface area contributed by atoms with Crippen molar-refractivity contribution < 1.29 is 14.6 Å². The highest BCUT2D eigenvalue weighted by atomic mass is 16.5. The molecule has 1 amide bonds. The lowest BCUT2D eigenvalue weighted by Crippen LogP contribution is -2.55. The number of morpholine rings is 1. The van der Waals surface area contributed by atoms with Crippen molar-refractivity contribution in [3.8, 4) is 0 Å². The number of nitrogens with zero attached hydrogens (tertiary/aromatic N) is 1. The highest BCUT2D eigenvalue weighted by Gasteiger charge is 2.29. The molecule has 2 unspecified atom stereocenters. The number of aliphatic hydroxyl groups excluding tert-OH is 1. The zero-order valence-electron chi connectivity index (χ0n) is 8.82. The number of aliphatic hydroxyl groups is 1. The van der Waals surface area contributed by atoms with Crippen molar-refractivity contribution in [3.63, 3.8) is 0 Å². The van der Waals surface area contributed by atoms with Crippen LogP contribution in [-0.4, -0.2) is 60.9 Å². The van der Waals surface area contributed by atoms with Gasteiger partial charge in [0.1, 0.15) is 6.04 Å². The summed E-state index contributed by atoms with van der Waals surface area (Å²) in [5, 5.41) is 12.6. The highest BCUT2D eigenvalue weighted by molar-refractivity contribution is 5.82. The van der Waals surface area contributed by atoms with Crippen LogP contribution in [0.1, 0.15) is 12.8 Å². The second-order valence-electron chi connectivity index (χ2n) is 4.16. The Labute approximate surface area is 89.4 Å². The molecule has 0 bridgehead atoms. The average molecular weight is 214 g/mol. The molecule has 5 heteroatoms. The zero-order valence-corrected chi connectivity index (χ0v) is 8.82. The lowest BCUT2D eigenvalue weighted by Gasteiger charge is -2.34. The third-order valence-corrected chi connectivity index (χ3v) is 2.93. The van der Waals surface area contributed by atoms with Crippen LogP contribution >= 0.6 is 0 Å². The van der Waals surface area contributed by atoms with Gasteiger partial charge >= 0.3 is 0 Å². The molecule has 2 saturated heterocycles. The Morgan fingerprint density at radius 2 is 2.40 bits per heavy atom. The van der Waals surface area contributed by atoms with Gasteiger partial charge in [-0.1, -0.05) is 0 Å². The first kappa shape index (κ1) is 10.9. The minimum absolute atomic E-state index is 0.0634. The number of hydrogen-bond acceptors (Lipinski definition) is 4. The van der Waals surface area contributed by atoms with Crippen molar-refractivity contribution >= 4 is 5.91 Å². The molecule has 2 aliphatic rings. The maximum Gasteiger partial charge on any atom is 0.242 e. The molecule has 0 radical (unpaired) electrons. The van der Waals surface area contributed by atoms with E-state index in [1.165, 1.54) is 0 Å². The van der Waals surface area contributed by atoms with Crippen molar-refractivity contribution in [2.75, 3.05) is 32.8 Å². The predicted molar refractivity (Wildman–Crippen MR) is 54.4 cm³/mol. The molecule has 0 saturated carbocycles. The second-order valence-corrected chi connectivity index (χ2v) is 4.16. The molecule has 0 aromatic rings. The number of nitrogens with one attached hydrogen (secondary N) is 1. The largest absolute Gasteiger partial charge is 0.391 e. The number of likely N-dealkylation sites (tertiary alicyclic amines) is 1. The molecule has 0 spiro atoms. The number of hydrogen-bond donors (Lipinski definition) is 2. The van der Waals surface area contributed by atoms with Gasteiger partial charge in [-0.2, -0.15) is 0 Å².